The minimum atomic E-state index is -1.42. The van der Waals surface area contributed by atoms with Gasteiger partial charge in [0.1, 0.15) is 58.7 Å². The molecule has 0 radical (unpaired) electrons. The van der Waals surface area contributed by atoms with Gasteiger partial charge in [0.2, 0.25) is 11.8 Å². The number of rotatable bonds is 16. The van der Waals surface area contributed by atoms with Crippen LogP contribution < -0.4 is 25.4 Å². The number of aliphatic carboxylic acids is 1. The molecule has 16 nitrogen and oxygen atoms in total. The number of alkyl carbamates (subject to hydrolysis) is 1. The van der Waals surface area contributed by atoms with Gasteiger partial charge < -0.3 is 45.1 Å². The van der Waals surface area contributed by atoms with Gasteiger partial charge in [-0.15, -0.1) is 11.3 Å². The van der Waals surface area contributed by atoms with Crippen molar-refractivity contribution >= 4 is 62.8 Å². The van der Waals surface area contributed by atoms with Gasteiger partial charge >= 0.3 is 12.1 Å². The Bertz CT molecular complexity index is 2270. The zero-order valence-corrected chi connectivity index (χ0v) is 40.4. The fraction of sp³-hybridized carbons (Fsp3) is 0.660. The van der Waals surface area contributed by atoms with Crippen molar-refractivity contribution in [1.29, 1.82) is 0 Å². The van der Waals surface area contributed by atoms with Crippen LogP contribution in [0.5, 0.6) is 11.5 Å². The number of likely N-dealkylation sites (tertiary alicyclic amines) is 1. The lowest BCUT2D eigenvalue weighted by molar-refractivity contribution is -0.146. The number of carboxylic acids is 1. The van der Waals surface area contributed by atoms with E-state index < -0.39 is 53.0 Å². The van der Waals surface area contributed by atoms with Crippen LogP contribution in [-0.2, 0) is 19.1 Å². The van der Waals surface area contributed by atoms with Crippen LogP contribution in [0, 0.1) is 29.1 Å². The Labute approximate surface area is 390 Å². The van der Waals surface area contributed by atoms with Crippen LogP contribution in [0.25, 0.3) is 22.3 Å². The first-order valence-electron chi connectivity index (χ1n) is 23.2. The maximum absolute atomic E-state index is 14.9. The first-order valence-corrected chi connectivity index (χ1v) is 24.5. The van der Waals surface area contributed by atoms with Gasteiger partial charge in [0.15, 0.2) is 5.13 Å². The highest BCUT2D eigenvalue weighted by molar-refractivity contribution is 7.14. The minimum absolute atomic E-state index is 0.0269. The van der Waals surface area contributed by atoms with E-state index in [2.05, 4.69) is 39.7 Å². The third-order valence-corrected chi connectivity index (χ3v) is 15.4. The van der Waals surface area contributed by atoms with Crippen molar-refractivity contribution in [3.05, 3.63) is 28.6 Å². The summed E-state index contributed by atoms with van der Waals surface area (Å²) in [6.07, 6.45) is 0.916. The third kappa shape index (κ3) is 10.1. The number of hydrogen-bond acceptors (Lipinski definition) is 13. The Morgan fingerprint density at radius 1 is 1.02 bits per heavy atom. The van der Waals surface area contributed by atoms with Crippen LogP contribution in [0.2, 0.25) is 5.02 Å². The Kier molecular flexibility index (Phi) is 13.5. The molecule has 2 aromatic heterocycles. The maximum Gasteiger partial charge on any atom is 0.408 e. The van der Waals surface area contributed by atoms with E-state index >= 15 is 0 Å². The molecule has 3 amide bonds. The smallest absolute Gasteiger partial charge is 0.408 e. The Balaban J connectivity index is 1.08. The number of ether oxygens (including phenoxy) is 3. The van der Waals surface area contributed by atoms with Crippen molar-refractivity contribution < 1.29 is 38.5 Å². The number of benzene rings is 1. The van der Waals surface area contributed by atoms with E-state index in [1.54, 1.807) is 12.1 Å². The number of carbonyl (C=O) groups excluding carboxylic acids is 3. The van der Waals surface area contributed by atoms with Crippen LogP contribution in [0.1, 0.15) is 80.6 Å². The molecule has 9 atom stereocenters. The number of halogens is 1. The Morgan fingerprint density at radius 2 is 1.74 bits per heavy atom. The molecule has 1 aromatic carbocycles. The lowest BCUT2D eigenvalue weighted by Gasteiger charge is -2.35. The number of thiazole rings is 1. The SMILES string of the molecule is CC[C@@H]1CC1(NC(=O)[C@@H]1C[C@@H](Oc2cc(-c3csc(NC(C)C)n3)nc3c(Cl)c(OCCN4CCN(C)CC4)ccc23)CN1C(=O)[C@@H](NC(=O)OC1C[C@@H]2C(C)[C@@H]2C1)C(C)(C)C)C(=O)O. The number of carboxylic acid groups (broad SMARTS) is 1. The molecule has 354 valence electrons. The van der Waals surface area contributed by atoms with Crippen LogP contribution in [0.3, 0.4) is 0 Å². The number of carbonyl (C=O) groups is 4. The lowest BCUT2D eigenvalue weighted by Crippen LogP contribution is -2.59. The summed E-state index contributed by atoms with van der Waals surface area (Å²) in [6.45, 7) is 18.8. The summed E-state index contributed by atoms with van der Waals surface area (Å²) in [5, 5.41) is 22.8. The summed E-state index contributed by atoms with van der Waals surface area (Å²) in [7, 11) is 2.12. The molecule has 8 rings (SSSR count). The number of likely N-dealkylation sites (N-methyl/N-ethyl adjacent to an activating group) is 1. The first kappa shape index (κ1) is 47.1. The van der Waals surface area contributed by atoms with Crippen LogP contribution in [0.4, 0.5) is 9.93 Å². The number of nitrogens with zero attached hydrogens (tertiary/aromatic N) is 5. The van der Waals surface area contributed by atoms with Gasteiger partial charge in [-0.1, -0.05) is 52.6 Å². The zero-order valence-electron chi connectivity index (χ0n) is 38.8. The van der Waals surface area contributed by atoms with Gasteiger partial charge in [0.05, 0.1) is 17.8 Å². The molecule has 4 N–H and O–H groups in total. The van der Waals surface area contributed by atoms with Crippen LogP contribution in [-0.4, -0.2) is 142 Å². The normalized spacial score (nSPS) is 28.2. The largest absolute Gasteiger partial charge is 0.491 e. The summed E-state index contributed by atoms with van der Waals surface area (Å²) in [5.41, 5.74) is -0.660. The maximum atomic E-state index is 14.9. The van der Waals surface area contributed by atoms with E-state index in [1.165, 1.54) is 16.2 Å². The molecular formula is C47H65ClN8O8S. The highest BCUT2D eigenvalue weighted by Crippen LogP contribution is 2.57. The quantitative estimate of drug-likeness (QED) is 0.124. The van der Waals surface area contributed by atoms with Crippen molar-refractivity contribution in [2.24, 2.45) is 29.1 Å². The van der Waals surface area contributed by atoms with Crippen molar-refractivity contribution in [1.82, 2.24) is 35.3 Å². The molecule has 5 fully saturated rings. The molecule has 3 saturated carbocycles. The minimum Gasteiger partial charge on any atom is -0.491 e. The van der Waals surface area contributed by atoms with Gasteiger partial charge in [0, 0.05) is 62.0 Å². The number of fused-ring (bicyclic) bond motifs is 2. The molecule has 3 unspecified atom stereocenters. The Hall–Kier alpha value is -4.45. The summed E-state index contributed by atoms with van der Waals surface area (Å²) in [4.78, 5) is 71.2. The molecule has 5 aliphatic rings. The van der Waals surface area contributed by atoms with E-state index in [-0.39, 0.29) is 31.0 Å². The number of piperazine rings is 1. The summed E-state index contributed by atoms with van der Waals surface area (Å²) in [6, 6.07) is 3.43. The van der Waals surface area contributed by atoms with Crippen LogP contribution in [0.15, 0.2) is 23.6 Å². The summed E-state index contributed by atoms with van der Waals surface area (Å²) in [5.74, 6) is 0.244. The van der Waals surface area contributed by atoms with Gasteiger partial charge in [-0.25, -0.2) is 19.6 Å². The molecule has 4 heterocycles. The summed E-state index contributed by atoms with van der Waals surface area (Å²) < 4.78 is 19.0. The molecular weight excluding hydrogens is 872 g/mol. The van der Waals surface area contributed by atoms with E-state index in [9.17, 15) is 24.3 Å². The molecule has 2 aliphatic heterocycles. The first-order chi connectivity index (χ1) is 30.8. The topological polar surface area (TPSA) is 188 Å². The summed E-state index contributed by atoms with van der Waals surface area (Å²) >= 11 is 8.60. The van der Waals surface area contributed by atoms with Gasteiger partial charge in [0.25, 0.3) is 0 Å². The van der Waals surface area contributed by atoms with Crippen LogP contribution >= 0.6 is 22.9 Å². The zero-order chi connectivity index (χ0) is 46.5. The lowest BCUT2D eigenvalue weighted by atomic mass is 9.85. The standard InChI is InChI=1S/C47H65ClN8O8S/c1-9-27-22-47(27,43(59)60)53-41(57)35-20-29(23-56(35)42(58)40(46(5,6)7)52-45(61)64-28-18-31-26(4)32(31)19-28)63-37-21-33(34-24-65-44(51-34)49-25(2)3)50-39-30(37)10-11-36(38(39)48)62-17-16-55-14-12-54(8)13-15-55/h10-11,21,24-29,31-32,35,40H,9,12-20,22-23H2,1-8H3,(H,49,51)(H,52,61)(H,53,57)(H,59,60)/t26?,27-,28?,29-,31-,32+,35+,40-,47?/m1/s1. The number of nitrogens with one attached hydrogen (secondary N) is 3. The van der Waals surface area contributed by atoms with Crippen molar-refractivity contribution in [2.45, 2.75) is 116 Å². The van der Waals surface area contributed by atoms with Gasteiger partial charge in [-0.2, -0.15) is 0 Å². The fourth-order valence-corrected chi connectivity index (χ4v) is 11.2. The predicted molar refractivity (Wildman–Crippen MR) is 250 cm³/mol. The number of anilines is 1. The number of aromatic nitrogens is 2. The van der Waals surface area contributed by atoms with E-state index in [0.717, 1.165) is 50.7 Å². The second kappa shape index (κ2) is 18.7. The molecule has 18 heteroatoms. The average molecular weight is 938 g/mol. The van der Waals surface area contributed by atoms with Gasteiger partial charge in [-0.05, 0) is 81.4 Å². The van der Waals surface area contributed by atoms with E-state index in [1.807, 2.05) is 53.0 Å². The second-order valence-electron chi connectivity index (χ2n) is 20.3. The number of pyridine rings is 1. The third-order valence-electron chi connectivity index (χ3n) is 14.2. The van der Waals surface area contributed by atoms with E-state index in [4.69, 9.17) is 35.8 Å². The number of amides is 3. The monoisotopic (exact) mass is 936 g/mol. The Morgan fingerprint density at radius 3 is 2.38 bits per heavy atom. The average Bonchev–Trinajstić information content (AvgIpc) is 3.73. The number of hydrogen-bond donors (Lipinski definition) is 4. The van der Waals surface area contributed by atoms with Crippen molar-refractivity contribution in [3.8, 4) is 22.9 Å². The predicted octanol–water partition coefficient (Wildman–Crippen LogP) is 6.36. The molecule has 3 aliphatic carbocycles. The molecule has 0 spiro atoms. The molecule has 3 aromatic rings. The van der Waals surface area contributed by atoms with Crippen molar-refractivity contribution in [3.63, 3.8) is 0 Å². The second-order valence-corrected chi connectivity index (χ2v) is 21.5. The van der Waals surface area contributed by atoms with Gasteiger partial charge in [-0.3, -0.25) is 14.5 Å². The van der Waals surface area contributed by atoms with Crippen molar-refractivity contribution in [2.75, 3.05) is 58.2 Å². The highest BCUT2D eigenvalue weighted by Gasteiger charge is 2.62. The highest BCUT2D eigenvalue weighted by atomic mass is 35.5. The molecule has 65 heavy (non-hydrogen) atoms. The fourth-order valence-electron chi connectivity index (χ4n) is 10.1. The van der Waals surface area contributed by atoms with E-state index in [0.29, 0.717) is 76.0 Å². The molecule has 2 saturated heterocycles. The molecule has 0 bridgehead atoms.